The Hall–Kier alpha value is -2.49. The molecule has 4 N–H and O–H groups in total. The number of H-pyrrole nitrogens is 3. The molecule has 0 saturated carbocycles. The summed E-state index contributed by atoms with van der Waals surface area (Å²) in [4.78, 5) is 0. The average Bonchev–Trinajstić information content (AvgIpc) is 3.30. The molecule has 0 spiro atoms. The van der Waals surface area contributed by atoms with E-state index in [-0.39, 0.29) is 0 Å². The van der Waals surface area contributed by atoms with Gasteiger partial charge in [0.1, 0.15) is 0 Å². The highest BCUT2D eigenvalue weighted by atomic mass is 15.8. The van der Waals surface area contributed by atoms with Crippen LogP contribution in [0.5, 0.6) is 0 Å². The molecule has 1 aliphatic rings. The molecule has 0 amide bonds. The highest BCUT2D eigenvalue weighted by molar-refractivity contribution is 5.02. The Balaban J connectivity index is 1.44. The minimum atomic E-state index is 0.498. The maximum atomic E-state index is 4.05. The van der Waals surface area contributed by atoms with E-state index in [9.17, 15) is 0 Å². The molecule has 0 radical (unpaired) electrons. The SMILES string of the molecule is c1cc(CC2CN(Cc3ccn[nH]3)NN(Cc3ccn[nH]3)C2)[nH]n1. The van der Waals surface area contributed by atoms with E-state index in [2.05, 4.69) is 46.1 Å². The van der Waals surface area contributed by atoms with Crippen LogP contribution in [-0.4, -0.2) is 53.7 Å². The number of aromatic nitrogens is 6. The van der Waals surface area contributed by atoms with E-state index >= 15 is 0 Å². The maximum Gasteiger partial charge on any atom is 0.0562 e. The summed E-state index contributed by atoms with van der Waals surface area (Å²) in [5.74, 6) is 0.498. The van der Waals surface area contributed by atoms with Gasteiger partial charge in [0.2, 0.25) is 0 Å². The topological polar surface area (TPSA) is 105 Å². The van der Waals surface area contributed by atoms with Gasteiger partial charge in [0.05, 0.1) is 24.5 Å². The quantitative estimate of drug-likeness (QED) is 0.524. The molecule has 126 valence electrons. The van der Waals surface area contributed by atoms with Crippen LogP contribution >= 0.6 is 0 Å². The zero-order chi connectivity index (χ0) is 16.2. The molecule has 4 heterocycles. The van der Waals surface area contributed by atoms with Crippen LogP contribution in [0.2, 0.25) is 0 Å². The third kappa shape index (κ3) is 3.70. The number of rotatable bonds is 6. The Morgan fingerprint density at radius 3 is 1.75 bits per heavy atom. The van der Waals surface area contributed by atoms with Crippen LogP contribution in [0, 0.1) is 5.92 Å². The van der Waals surface area contributed by atoms with E-state index in [0.29, 0.717) is 5.92 Å². The van der Waals surface area contributed by atoms with Crippen molar-refractivity contribution in [3.63, 3.8) is 0 Å². The molecule has 9 nitrogen and oxygen atoms in total. The zero-order valence-electron chi connectivity index (χ0n) is 13.3. The summed E-state index contributed by atoms with van der Waals surface area (Å²) >= 11 is 0. The Kier molecular flexibility index (Phi) is 4.36. The second kappa shape index (κ2) is 6.95. The number of nitrogens with zero attached hydrogens (tertiary/aromatic N) is 5. The summed E-state index contributed by atoms with van der Waals surface area (Å²) in [5, 5.41) is 25.7. The molecule has 0 unspecified atom stereocenters. The van der Waals surface area contributed by atoms with Gasteiger partial charge in [-0.15, -0.1) is 0 Å². The van der Waals surface area contributed by atoms with Crippen molar-refractivity contribution in [3.8, 4) is 0 Å². The lowest BCUT2D eigenvalue weighted by molar-refractivity contribution is -0.0553. The Bertz CT molecular complexity index is 598. The average molecular weight is 327 g/mol. The fourth-order valence-electron chi connectivity index (χ4n) is 3.16. The van der Waals surface area contributed by atoms with Crippen molar-refractivity contribution >= 4 is 0 Å². The van der Waals surface area contributed by atoms with Gasteiger partial charge < -0.3 is 0 Å². The van der Waals surface area contributed by atoms with Gasteiger partial charge in [-0.25, -0.2) is 10.0 Å². The van der Waals surface area contributed by atoms with Crippen LogP contribution < -0.4 is 5.53 Å². The van der Waals surface area contributed by atoms with Crippen molar-refractivity contribution in [3.05, 3.63) is 53.9 Å². The van der Waals surface area contributed by atoms with Crippen LogP contribution in [0.15, 0.2) is 36.8 Å². The fourth-order valence-corrected chi connectivity index (χ4v) is 3.16. The van der Waals surface area contributed by atoms with Gasteiger partial charge in [-0.3, -0.25) is 15.3 Å². The van der Waals surface area contributed by atoms with Gasteiger partial charge in [0, 0.05) is 37.4 Å². The molecule has 1 saturated heterocycles. The Labute approximate surface area is 139 Å². The molecule has 1 aliphatic heterocycles. The second-order valence-corrected chi connectivity index (χ2v) is 6.18. The van der Waals surface area contributed by atoms with Crippen molar-refractivity contribution in [1.82, 2.24) is 46.1 Å². The van der Waals surface area contributed by atoms with Crippen LogP contribution in [0.25, 0.3) is 0 Å². The van der Waals surface area contributed by atoms with Crippen LogP contribution in [0.4, 0.5) is 0 Å². The van der Waals surface area contributed by atoms with Crippen LogP contribution in [0.1, 0.15) is 17.1 Å². The summed E-state index contributed by atoms with van der Waals surface area (Å²) in [6.07, 6.45) is 6.34. The van der Waals surface area contributed by atoms with E-state index in [0.717, 1.165) is 44.0 Å². The first-order chi connectivity index (χ1) is 11.8. The third-order valence-corrected chi connectivity index (χ3v) is 4.15. The molecule has 0 atom stereocenters. The number of hydrogen-bond donors (Lipinski definition) is 4. The Morgan fingerprint density at radius 2 is 1.29 bits per heavy atom. The van der Waals surface area contributed by atoms with Crippen LogP contribution in [-0.2, 0) is 19.5 Å². The summed E-state index contributed by atoms with van der Waals surface area (Å²) in [6.45, 7) is 3.47. The molecule has 24 heavy (non-hydrogen) atoms. The summed E-state index contributed by atoms with van der Waals surface area (Å²) in [7, 11) is 0. The minimum absolute atomic E-state index is 0.498. The molecule has 9 heteroatoms. The monoisotopic (exact) mass is 327 g/mol. The van der Waals surface area contributed by atoms with Crippen molar-refractivity contribution in [2.45, 2.75) is 19.5 Å². The summed E-state index contributed by atoms with van der Waals surface area (Å²) in [5.41, 5.74) is 6.83. The largest absolute Gasteiger partial charge is 0.283 e. The molecule has 1 fully saturated rings. The molecule has 4 rings (SSSR count). The predicted molar refractivity (Wildman–Crippen MR) is 86.9 cm³/mol. The van der Waals surface area contributed by atoms with Crippen molar-refractivity contribution in [1.29, 1.82) is 0 Å². The van der Waals surface area contributed by atoms with Gasteiger partial charge in [-0.1, -0.05) is 0 Å². The predicted octanol–water partition coefficient (Wildman–Crippen LogP) is 0.452. The first-order valence-corrected chi connectivity index (χ1v) is 8.06. The fraction of sp³-hybridized carbons (Fsp3) is 0.400. The molecule has 0 aliphatic carbocycles. The first-order valence-electron chi connectivity index (χ1n) is 8.06. The van der Waals surface area contributed by atoms with Gasteiger partial charge in [0.15, 0.2) is 0 Å². The Morgan fingerprint density at radius 1 is 0.792 bits per heavy atom. The van der Waals surface area contributed by atoms with E-state index in [1.54, 1.807) is 18.6 Å². The highest BCUT2D eigenvalue weighted by Gasteiger charge is 2.26. The summed E-state index contributed by atoms with van der Waals surface area (Å²) < 4.78 is 0. The normalized spacial score (nSPS) is 17.5. The smallest absolute Gasteiger partial charge is 0.0562 e. The van der Waals surface area contributed by atoms with E-state index in [1.807, 2.05) is 18.2 Å². The van der Waals surface area contributed by atoms with Gasteiger partial charge in [0.25, 0.3) is 0 Å². The van der Waals surface area contributed by atoms with E-state index in [1.165, 1.54) is 5.69 Å². The summed E-state index contributed by atoms with van der Waals surface area (Å²) in [6, 6.07) is 6.04. The number of nitrogens with one attached hydrogen (secondary N) is 4. The first kappa shape index (κ1) is 15.1. The molecule has 3 aromatic heterocycles. The molecular weight excluding hydrogens is 306 g/mol. The van der Waals surface area contributed by atoms with Crippen molar-refractivity contribution in [2.75, 3.05) is 13.1 Å². The molecule has 3 aromatic rings. The van der Waals surface area contributed by atoms with E-state index < -0.39 is 0 Å². The number of hydrazine groups is 2. The lowest BCUT2D eigenvalue weighted by Crippen LogP contribution is -2.58. The third-order valence-electron chi connectivity index (χ3n) is 4.15. The van der Waals surface area contributed by atoms with Crippen molar-refractivity contribution < 1.29 is 0 Å². The standard InChI is InChI=1S/C15H21N9/c1-4-16-19-13(1)7-12-8-23(10-14-2-5-17-20-14)22-24(9-12)11-15-3-6-18-21-15/h1-6,12,22H,7-11H2,(H,16,19)(H,17,20)(H,18,21). The van der Waals surface area contributed by atoms with Crippen molar-refractivity contribution in [2.24, 2.45) is 5.92 Å². The lowest BCUT2D eigenvalue weighted by Gasteiger charge is -2.40. The lowest BCUT2D eigenvalue weighted by atomic mass is 10.0. The van der Waals surface area contributed by atoms with Gasteiger partial charge >= 0.3 is 0 Å². The molecule has 0 aromatic carbocycles. The van der Waals surface area contributed by atoms with E-state index in [4.69, 9.17) is 0 Å². The molecule has 0 bridgehead atoms. The maximum absolute atomic E-state index is 4.05. The van der Waals surface area contributed by atoms with Gasteiger partial charge in [-0.05, 0) is 30.5 Å². The highest BCUT2D eigenvalue weighted by Crippen LogP contribution is 2.16. The number of hydrogen-bond acceptors (Lipinski definition) is 6. The molecular formula is C15H21N9. The second-order valence-electron chi connectivity index (χ2n) is 6.18. The number of aromatic amines is 3. The minimum Gasteiger partial charge on any atom is -0.283 e. The van der Waals surface area contributed by atoms with Crippen LogP contribution in [0.3, 0.4) is 0 Å². The van der Waals surface area contributed by atoms with Gasteiger partial charge in [-0.2, -0.15) is 20.8 Å². The zero-order valence-corrected chi connectivity index (χ0v) is 13.3.